The fourth-order valence-electron chi connectivity index (χ4n) is 6.33. The highest BCUT2D eigenvalue weighted by Gasteiger charge is 2.34. The van der Waals surface area contributed by atoms with Gasteiger partial charge in [0.05, 0.1) is 19.2 Å². The van der Waals surface area contributed by atoms with Crippen LogP contribution in [0, 0.1) is 6.92 Å². The molecule has 6 rings (SSSR count). The Bertz CT molecular complexity index is 1460. The molecule has 2 aromatic heterocycles. The highest BCUT2D eigenvalue weighted by Crippen LogP contribution is 2.30. The largest absolute Gasteiger partial charge is 0.497 e. The molecular weight excluding hydrogens is 490 g/mol. The van der Waals surface area contributed by atoms with E-state index in [1.165, 1.54) is 32.1 Å². The predicted octanol–water partition coefficient (Wildman–Crippen LogP) is 3.92. The summed E-state index contributed by atoms with van der Waals surface area (Å²) in [7, 11) is 1.66. The smallest absolute Gasteiger partial charge is 0.253 e. The molecule has 3 heterocycles. The molecule has 2 aliphatic rings. The van der Waals surface area contributed by atoms with E-state index >= 15 is 0 Å². The van der Waals surface area contributed by atoms with Gasteiger partial charge in [0, 0.05) is 37.8 Å². The van der Waals surface area contributed by atoms with Crippen LogP contribution >= 0.6 is 0 Å². The van der Waals surface area contributed by atoms with E-state index in [2.05, 4.69) is 36.4 Å². The van der Waals surface area contributed by atoms with Crippen LogP contribution in [0.1, 0.15) is 60.7 Å². The second-order valence-electron chi connectivity index (χ2n) is 10.9. The zero-order valence-electron chi connectivity index (χ0n) is 22.8. The third kappa shape index (κ3) is 5.33. The number of methoxy groups -OCH3 is 1. The van der Waals surface area contributed by atoms with Crippen LogP contribution in [-0.2, 0) is 6.54 Å². The Balaban J connectivity index is 1.35. The first-order valence-electron chi connectivity index (χ1n) is 14.1. The Morgan fingerprint density at radius 2 is 1.79 bits per heavy atom. The van der Waals surface area contributed by atoms with Gasteiger partial charge in [0.1, 0.15) is 11.8 Å². The van der Waals surface area contributed by atoms with E-state index in [1.807, 2.05) is 54.1 Å². The number of nitrogens with one attached hydrogen (secondary N) is 1. The summed E-state index contributed by atoms with van der Waals surface area (Å²) in [4.78, 5) is 21.8. The molecule has 1 atom stereocenters. The first kappa shape index (κ1) is 25.7. The number of nitrogens with zero attached hydrogens (tertiary/aromatic N) is 6. The number of hydrogen-bond acceptors (Lipinski definition) is 7. The summed E-state index contributed by atoms with van der Waals surface area (Å²) in [6.07, 6.45) is 6.62. The number of benzene rings is 2. The van der Waals surface area contributed by atoms with Gasteiger partial charge in [-0.3, -0.25) is 14.6 Å². The first-order valence-corrected chi connectivity index (χ1v) is 14.1. The molecule has 1 N–H and O–H groups in total. The zero-order valence-corrected chi connectivity index (χ0v) is 22.8. The molecule has 0 radical (unpaired) electrons. The Morgan fingerprint density at radius 3 is 2.54 bits per heavy atom. The van der Waals surface area contributed by atoms with Crippen molar-refractivity contribution in [1.82, 2.24) is 35.0 Å². The molecule has 0 spiro atoms. The number of tetrazole rings is 1. The number of piperazine rings is 1. The number of H-pyrrole nitrogens is 1. The monoisotopic (exact) mass is 527 g/mol. The van der Waals surface area contributed by atoms with Gasteiger partial charge in [-0.15, -0.1) is 5.10 Å². The number of aryl methyl sites for hydroxylation is 1. The minimum absolute atomic E-state index is 0.0875. The molecule has 2 fully saturated rings. The van der Waals surface area contributed by atoms with Crippen LogP contribution in [0.4, 0.5) is 0 Å². The van der Waals surface area contributed by atoms with E-state index in [0.717, 1.165) is 54.0 Å². The van der Waals surface area contributed by atoms with Gasteiger partial charge in [0.15, 0.2) is 5.82 Å². The average Bonchev–Trinajstić information content (AvgIpc) is 3.43. The maximum atomic E-state index is 13.6. The summed E-state index contributed by atoms with van der Waals surface area (Å²) in [5.41, 5.74) is 3.59. The zero-order chi connectivity index (χ0) is 26.8. The van der Waals surface area contributed by atoms with E-state index < -0.39 is 0 Å². The predicted molar refractivity (Wildman–Crippen MR) is 151 cm³/mol. The van der Waals surface area contributed by atoms with Crippen LogP contribution in [-0.4, -0.2) is 74.3 Å². The highest BCUT2D eigenvalue weighted by atomic mass is 16.5. The van der Waals surface area contributed by atoms with E-state index in [1.54, 1.807) is 7.11 Å². The number of rotatable bonds is 7. The van der Waals surface area contributed by atoms with Gasteiger partial charge in [-0.25, -0.2) is 4.68 Å². The van der Waals surface area contributed by atoms with E-state index in [-0.39, 0.29) is 11.6 Å². The molecule has 1 aliphatic carbocycles. The average molecular weight is 528 g/mol. The Labute approximate surface area is 228 Å². The van der Waals surface area contributed by atoms with Gasteiger partial charge in [-0.2, -0.15) is 0 Å². The molecule has 1 saturated heterocycles. The third-order valence-electron chi connectivity index (χ3n) is 8.51. The van der Waals surface area contributed by atoms with Crippen molar-refractivity contribution in [2.45, 2.75) is 57.7 Å². The summed E-state index contributed by atoms with van der Waals surface area (Å²) in [5.74, 6) is 1.50. The van der Waals surface area contributed by atoms with Gasteiger partial charge in [-0.05, 0) is 64.9 Å². The second kappa shape index (κ2) is 11.3. The molecule has 0 bridgehead atoms. The van der Waals surface area contributed by atoms with Crippen molar-refractivity contribution in [1.29, 1.82) is 0 Å². The molecule has 0 unspecified atom stereocenters. The van der Waals surface area contributed by atoms with E-state index in [9.17, 15) is 4.79 Å². The molecule has 9 nitrogen and oxygen atoms in total. The fraction of sp³-hybridized carbons (Fsp3) is 0.467. The molecule has 2 aromatic carbocycles. The number of pyridine rings is 1. The molecule has 1 saturated carbocycles. The number of aromatic nitrogens is 5. The molecule has 1 aliphatic heterocycles. The fourth-order valence-corrected chi connectivity index (χ4v) is 6.33. The van der Waals surface area contributed by atoms with E-state index in [4.69, 9.17) is 4.74 Å². The van der Waals surface area contributed by atoms with Crippen LogP contribution in [0.2, 0.25) is 0 Å². The van der Waals surface area contributed by atoms with Gasteiger partial charge in [-0.1, -0.05) is 49.6 Å². The summed E-state index contributed by atoms with van der Waals surface area (Å²) in [6.45, 7) is 6.24. The Kier molecular flexibility index (Phi) is 7.43. The first-order chi connectivity index (χ1) is 19.1. The lowest BCUT2D eigenvalue weighted by Gasteiger charge is -2.43. The highest BCUT2D eigenvalue weighted by molar-refractivity contribution is 5.82. The van der Waals surface area contributed by atoms with Crippen LogP contribution in [0.15, 0.2) is 53.3 Å². The summed E-state index contributed by atoms with van der Waals surface area (Å²) in [5, 5.41) is 14.0. The van der Waals surface area contributed by atoms with Crippen molar-refractivity contribution in [3.63, 3.8) is 0 Å². The number of para-hydroxylation sites is 1. The lowest BCUT2D eigenvalue weighted by molar-refractivity contribution is 0.0618. The lowest BCUT2D eigenvalue weighted by Crippen LogP contribution is -2.52. The Morgan fingerprint density at radius 1 is 1.03 bits per heavy atom. The van der Waals surface area contributed by atoms with Crippen molar-refractivity contribution >= 4 is 10.9 Å². The maximum Gasteiger partial charge on any atom is 0.253 e. The van der Waals surface area contributed by atoms with Gasteiger partial charge in [0.2, 0.25) is 0 Å². The molecule has 4 aromatic rings. The summed E-state index contributed by atoms with van der Waals surface area (Å²) < 4.78 is 7.15. The minimum atomic E-state index is -0.347. The number of aromatic amines is 1. The summed E-state index contributed by atoms with van der Waals surface area (Å²) in [6, 6.07) is 16.4. The summed E-state index contributed by atoms with van der Waals surface area (Å²) >= 11 is 0. The van der Waals surface area contributed by atoms with Crippen LogP contribution in [0.3, 0.4) is 0 Å². The number of ether oxygens (including phenoxy) is 1. The second-order valence-corrected chi connectivity index (χ2v) is 10.9. The standard InChI is InChI=1S/C30H37N7O2/c1-21-7-6-8-23-19-26(30(38)31-27(21)23)28(36-17-15-35(16-18-36)24-9-4-3-5-10-24)29-32-33-34-37(29)20-22-11-13-25(39-2)14-12-22/h6-8,11-14,19,24,28H,3-5,9-10,15-18,20H2,1-2H3,(H,31,38)/t28-/m1/s1. The molecule has 0 amide bonds. The van der Waals surface area contributed by atoms with Gasteiger partial charge >= 0.3 is 0 Å². The molecule has 9 heteroatoms. The third-order valence-corrected chi connectivity index (χ3v) is 8.51. The quantitative estimate of drug-likeness (QED) is 0.389. The molecule has 39 heavy (non-hydrogen) atoms. The van der Waals surface area contributed by atoms with Crippen LogP contribution < -0.4 is 10.3 Å². The van der Waals surface area contributed by atoms with Crippen molar-refractivity contribution in [3.8, 4) is 5.75 Å². The van der Waals surface area contributed by atoms with Crippen molar-refractivity contribution in [2.24, 2.45) is 0 Å². The molecular formula is C30H37N7O2. The van der Waals surface area contributed by atoms with Crippen molar-refractivity contribution in [3.05, 3.63) is 81.4 Å². The van der Waals surface area contributed by atoms with Crippen molar-refractivity contribution in [2.75, 3.05) is 33.3 Å². The molecule has 204 valence electrons. The van der Waals surface area contributed by atoms with Crippen LogP contribution in [0.5, 0.6) is 5.75 Å². The number of fused-ring (bicyclic) bond motifs is 1. The lowest BCUT2D eigenvalue weighted by atomic mass is 9.93. The SMILES string of the molecule is COc1ccc(Cn2nnnc2[C@@H](c2cc3cccc(C)c3[nH]c2=O)N2CCN(C3CCCCC3)CC2)cc1. The topological polar surface area (TPSA) is 92.2 Å². The van der Waals surface area contributed by atoms with Crippen molar-refractivity contribution < 1.29 is 4.74 Å². The van der Waals surface area contributed by atoms with Gasteiger partial charge < -0.3 is 9.72 Å². The maximum absolute atomic E-state index is 13.6. The van der Waals surface area contributed by atoms with E-state index in [0.29, 0.717) is 24.0 Å². The minimum Gasteiger partial charge on any atom is -0.497 e. The number of hydrogen-bond donors (Lipinski definition) is 1. The van der Waals surface area contributed by atoms with Gasteiger partial charge in [0.25, 0.3) is 5.56 Å². The van der Waals surface area contributed by atoms with Crippen LogP contribution in [0.25, 0.3) is 10.9 Å². The normalized spacial score (nSPS) is 18.4. The Hall–Kier alpha value is -3.56.